The van der Waals surface area contributed by atoms with Crippen molar-refractivity contribution in [1.29, 1.82) is 0 Å². The molecule has 5 nitrogen and oxygen atoms in total. The lowest BCUT2D eigenvalue weighted by molar-refractivity contribution is 0.318. The van der Waals surface area contributed by atoms with E-state index in [2.05, 4.69) is 10.0 Å². The molecule has 2 rings (SSSR count). The summed E-state index contributed by atoms with van der Waals surface area (Å²) in [6, 6.07) is 8.31. The predicted molar refractivity (Wildman–Crippen MR) is 84.2 cm³/mol. The van der Waals surface area contributed by atoms with Crippen molar-refractivity contribution < 1.29 is 13.2 Å². The minimum absolute atomic E-state index is 0.235. The van der Waals surface area contributed by atoms with Crippen LogP contribution in [-0.2, 0) is 16.6 Å². The molecule has 7 heteroatoms. The number of rotatable bonds is 8. The van der Waals surface area contributed by atoms with Crippen LogP contribution in [0.5, 0.6) is 5.75 Å². The number of sulfonamides is 1. The topological polar surface area (TPSA) is 67.4 Å². The molecule has 2 N–H and O–H groups in total. The van der Waals surface area contributed by atoms with E-state index < -0.39 is 10.0 Å². The molecule has 1 heterocycles. The van der Waals surface area contributed by atoms with Crippen molar-refractivity contribution in [2.24, 2.45) is 0 Å². The number of hydrogen-bond acceptors (Lipinski definition) is 5. The molecule has 0 fully saturated rings. The van der Waals surface area contributed by atoms with E-state index in [1.807, 2.05) is 23.9 Å². The zero-order valence-corrected chi connectivity index (χ0v) is 13.3. The summed E-state index contributed by atoms with van der Waals surface area (Å²) in [5.74, 6) is 0.655. The van der Waals surface area contributed by atoms with Gasteiger partial charge in [0.25, 0.3) is 0 Å². The Bertz CT molecular complexity index is 637. The van der Waals surface area contributed by atoms with E-state index in [-0.39, 0.29) is 4.90 Å². The Labute approximate surface area is 129 Å². The first-order valence-corrected chi connectivity index (χ1v) is 8.92. The average molecular weight is 326 g/mol. The van der Waals surface area contributed by atoms with E-state index in [0.29, 0.717) is 18.9 Å². The minimum Gasteiger partial charge on any atom is -0.492 e. The lowest BCUT2D eigenvalue weighted by atomic mass is 10.3. The first-order chi connectivity index (χ1) is 10.1. The molecule has 0 unspecified atom stereocenters. The van der Waals surface area contributed by atoms with E-state index in [9.17, 15) is 8.42 Å². The van der Waals surface area contributed by atoms with Gasteiger partial charge in [-0.15, -0.1) is 0 Å². The van der Waals surface area contributed by atoms with Gasteiger partial charge in [0.05, 0.1) is 4.90 Å². The van der Waals surface area contributed by atoms with Crippen LogP contribution in [0.15, 0.2) is 46.0 Å². The molecule has 0 aliphatic carbocycles. The monoisotopic (exact) mass is 326 g/mol. The number of thiophene rings is 1. The zero-order valence-electron chi connectivity index (χ0n) is 11.7. The first kappa shape index (κ1) is 16.0. The van der Waals surface area contributed by atoms with Crippen LogP contribution in [-0.4, -0.2) is 28.6 Å². The van der Waals surface area contributed by atoms with Crippen molar-refractivity contribution in [3.63, 3.8) is 0 Å². The van der Waals surface area contributed by atoms with E-state index in [0.717, 1.165) is 12.1 Å². The second kappa shape index (κ2) is 7.56. The summed E-state index contributed by atoms with van der Waals surface area (Å²) >= 11 is 1.54. The number of likely N-dealkylation sites (N-methyl/N-ethyl adjacent to an activating group) is 1. The highest BCUT2D eigenvalue weighted by molar-refractivity contribution is 7.89. The fourth-order valence-electron chi connectivity index (χ4n) is 1.64. The maximum atomic E-state index is 12.1. The summed E-state index contributed by atoms with van der Waals surface area (Å²) in [4.78, 5) is 0.235. The summed E-state index contributed by atoms with van der Waals surface area (Å²) in [7, 11) is -1.65. The lowest BCUT2D eigenvalue weighted by Crippen LogP contribution is -2.23. The van der Waals surface area contributed by atoms with Gasteiger partial charge in [0, 0.05) is 13.1 Å². The Morgan fingerprint density at radius 3 is 2.57 bits per heavy atom. The molecule has 0 radical (unpaired) electrons. The lowest BCUT2D eigenvalue weighted by Gasteiger charge is -2.08. The van der Waals surface area contributed by atoms with Gasteiger partial charge in [-0.05, 0) is 53.7 Å². The van der Waals surface area contributed by atoms with Gasteiger partial charge < -0.3 is 10.1 Å². The van der Waals surface area contributed by atoms with E-state index in [4.69, 9.17) is 4.74 Å². The molecule has 1 aromatic carbocycles. The highest BCUT2D eigenvalue weighted by Gasteiger charge is 2.13. The van der Waals surface area contributed by atoms with Gasteiger partial charge in [0.15, 0.2) is 0 Å². The molecular formula is C14H18N2O3S2. The van der Waals surface area contributed by atoms with Gasteiger partial charge in [-0.25, -0.2) is 13.1 Å². The molecule has 21 heavy (non-hydrogen) atoms. The third kappa shape index (κ3) is 4.82. The van der Waals surface area contributed by atoms with E-state index in [1.165, 1.54) is 0 Å². The molecule has 2 aromatic rings. The normalized spacial score (nSPS) is 11.5. The standard InChI is InChI=1S/C14H18N2O3S2/c1-15-7-8-19-13-2-4-14(5-3-13)21(17,18)16-10-12-6-9-20-11-12/h2-6,9,11,15-16H,7-8,10H2,1H3. The van der Waals surface area contributed by atoms with Crippen LogP contribution < -0.4 is 14.8 Å². The van der Waals surface area contributed by atoms with Crippen molar-refractivity contribution in [3.8, 4) is 5.75 Å². The highest BCUT2D eigenvalue weighted by atomic mass is 32.2. The Morgan fingerprint density at radius 1 is 1.19 bits per heavy atom. The number of benzene rings is 1. The molecule has 0 saturated carbocycles. The fraction of sp³-hybridized carbons (Fsp3) is 0.286. The summed E-state index contributed by atoms with van der Waals surface area (Å²) < 4.78 is 32.3. The summed E-state index contributed by atoms with van der Waals surface area (Å²) in [6.45, 7) is 1.58. The fourth-order valence-corrected chi connectivity index (χ4v) is 3.33. The summed E-state index contributed by atoms with van der Waals surface area (Å²) in [5, 5.41) is 6.81. The van der Waals surface area contributed by atoms with Crippen molar-refractivity contribution in [2.75, 3.05) is 20.2 Å². The summed E-state index contributed by atoms with van der Waals surface area (Å²) in [6.07, 6.45) is 0. The van der Waals surface area contributed by atoms with Crippen LogP contribution >= 0.6 is 11.3 Å². The van der Waals surface area contributed by atoms with Gasteiger partial charge in [-0.1, -0.05) is 0 Å². The first-order valence-electron chi connectivity index (χ1n) is 6.50. The number of nitrogens with one attached hydrogen (secondary N) is 2. The maximum Gasteiger partial charge on any atom is 0.240 e. The molecule has 114 valence electrons. The molecule has 0 spiro atoms. The van der Waals surface area contributed by atoms with Crippen LogP contribution in [0.25, 0.3) is 0 Å². The van der Waals surface area contributed by atoms with Crippen LogP contribution in [0.3, 0.4) is 0 Å². The van der Waals surface area contributed by atoms with Crippen LogP contribution in [0, 0.1) is 0 Å². The van der Waals surface area contributed by atoms with E-state index in [1.54, 1.807) is 35.6 Å². The Hall–Kier alpha value is -1.41. The zero-order chi connectivity index (χ0) is 15.1. The third-order valence-corrected chi connectivity index (χ3v) is 4.95. The van der Waals surface area contributed by atoms with Crippen molar-refractivity contribution in [3.05, 3.63) is 46.7 Å². The molecule has 0 saturated heterocycles. The smallest absolute Gasteiger partial charge is 0.240 e. The molecule has 1 aromatic heterocycles. The van der Waals surface area contributed by atoms with Gasteiger partial charge in [-0.2, -0.15) is 11.3 Å². The van der Waals surface area contributed by atoms with Gasteiger partial charge in [-0.3, -0.25) is 0 Å². The molecule has 0 amide bonds. The van der Waals surface area contributed by atoms with Gasteiger partial charge >= 0.3 is 0 Å². The van der Waals surface area contributed by atoms with Crippen LogP contribution in [0.4, 0.5) is 0 Å². The Morgan fingerprint density at radius 2 is 1.95 bits per heavy atom. The van der Waals surface area contributed by atoms with Crippen molar-refractivity contribution in [2.45, 2.75) is 11.4 Å². The quantitative estimate of drug-likeness (QED) is 0.726. The predicted octanol–water partition coefficient (Wildman–Crippen LogP) is 1.82. The Kier molecular flexibility index (Phi) is 5.75. The third-order valence-electron chi connectivity index (χ3n) is 2.80. The molecule has 0 bridgehead atoms. The minimum atomic E-state index is -3.49. The molecule has 0 aliphatic heterocycles. The SMILES string of the molecule is CNCCOc1ccc(S(=O)(=O)NCc2ccsc2)cc1. The largest absolute Gasteiger partial charge is 0.492 e. The van der Waals surface area contributed by atoms with Crippen LogP contribution in [0.2, 0.25) is 0 Å². The second-order valence-electron chi connectivity index (χ2n) is 4.38. The highest BCUT2D eigenvalue weighted by Crippen LogP contribution is 2.16. The van der Waals surface area contributed by atoms with E-state index >= 15 is 0 Å². The van der Waals surface area contributed by atoms with Crippen LogP contribution in [0.1, 0.15) is 5.56 Å². The molecular weight excluding hydrogens is 308 g/mol. The van der Waals surface area contributed by atoms with Gasteiger partial charge in [0.2, 0.25) is 10.0 Å². The average Bonchev–Trinajstić information content (AvgIpc) is 3.00. The Balaban J connectivity index is 1.96. The summed E-state index contributed by atoms with van der Waals surface area (Å²) in [5.41, 5.74) is 0.954. The maximum absolute atomic E-state index is 12.1. The molecule has 0 atom stereocenters. The number of hydrogen-bond donors (Lipinski definition) is 2. The molecule has 0 aliphatic rings. The second-order valence-corrected chi connectivity index (χ2v) is 6.93. The van der Waals surface area contributed by atoms with Crippen molar-refractivity contribution >= 4 is 21.4 Å². The van der Waals surface area contributed by atoms with Gasteiger partial charge in [0.1, 0.15) is 12.4 Å². The van der Waals surface area contributed by atoms with Crippen molar-refractivity contribution in [1.82, 2.24) is 10.0 Å². The number of ether oxygens (including phenoxy) is 1.